The average Bonchev–Trinajstić information content (AvgIpc) is 2.70. The molecule has 0 spiro atoms. The summed E-state index contributed by atoms with van der Waals surface area (Å²) < 4.78 is 10.9. The number of rotatable bonds is 8. The van der Waals surface area contributed by atoms with Gasteiger partial charge in [-0.15, -0.1) is 18.9 Å². The molecule has 0 aromatic heterocycles. The number of hydrogen-bond acceptors (Lipinski definition) is 3. The number of terminal acetylenes is 1. The van der Waals surface area contributed by atoms with Crippen LogP contribution in [-0.4, -0.2) is 18.7 Å². The number of carbonyl (C=O) groups excluding carboxylic acids is 1. The van der Waals surface area contributed by atoms with Gasteiger partial charge in [-0.25, -0.2) is 4.79 Å². The van der Waals surface area contributed by atoms with Gasteiger partial charge >= 0.3 is 5.97 Å². The number of hydrogen-bond donors (Lipinski definition) is 0. The Morgan fingerprint density at radius 2 is 2.15 bits per heavy atom. The van der Waals surface area contributed by atoms with Gasteiger partial charge in [-0.1, -0.05) is 18.7 Å². The van der Waals surface area contributed by atoms with E-state index in [2.05, 4.69) is 19.1 Å². The van der Waals surface area contributed by atoms with E-state index in [1.54, 1.807) is 12.2 Å². The molecule has 0 saturated carbocycles. The third-order valence-electron chi connectivity index (χ3n) is 3.21. The Balaban J connectivity index is 2.90. The van der Waals surface area contributed by atoms with Crippen LogP contribution in [0.4, 0.5) is 0 Å². The monoisotopic (exact) mass is 274 g/mol. The van der Waals surface area contributed by atoms with E-state index in [0.29, 0.717) is 37.2 Å². The molecule has 1 aliphatic rings. The first kappa shape index (κ1) is 16.1. The zero-order valence-corrected chi connectivity index (χ0v) is 12.3. The highest BCUT2D eigenvalue weighted by molar-refractivity contribution is 5.91. The Kier molecular flexibility index (Phi) is 5.64. The highest BCUT2D eigenvalue weighted by atomic mass is 16.6. The van der Waals surface area contributed by atoms with Crippen LogP contribution < -0.4 is 0 Å². The van der Waals surface area contributed by atoms with Crippen LogP contribution >= 0.6 is 0 Å². The summed E-state index contributed by atoms with van der Waals surface area (Å²) in [5.74, 6) is 3.01. The Morgan fingerprint density at radius 1 is 1.45 bits per heavy atom. The Bertz CT molecular complexity index is 463. The van der Waals surface area contributed by atoms with Crippen LogP contribution in [-0.2, 0) is 14.3 Å². The molecule has 1 rings (SSSR count). The fourth-order valence-corrected chi connectivity index (χ4v) is 1.92. The van der Waals surface area contributed by atoms with Gasteiger partial charge in [0.25, 0.3) is 0 Å². The molecule has 0 N–H and O–H groups in total. The van der Waals surface area contributed by atoms with Crippen molar-refractivity contribution in [3.63, 3.8) is 0 Å². The van der Waals surface area contributed by atoms with E-state index in [4.69, 9.17) is 15.9 Å². The fraction of sp³-hybridized carbons (Fsp3) is 0.471. The normalized spacial score (nSPS) is 18.4. The summed E-state index contributed by atoms with van der Waals surface area (Å²) >= 11 is 0. The van der Waals surface area contributed by atoms with Crippen molar-refractivity contribution in [2.45, 2.75) is 39.2 Å². The maximum absolute atomic E-state index is 12.0. The maximum atomic E-state index is 12.0. The first-order valence-electron chi connectivity index (χ1n) is 6.71. The Morgan fingerprint density at radius 3 is 2.70 bits per heavy atom. The molecule has 1 aliphatic heterocycles. The lowest BCUT2D eigenvalue weighted by atomic mass is 9.87. The second-order valence-corrected chi connectivity index (χ2v) is 5.39. The molecule has 20 heavy (non-hydrogen) atoms. The molecule has 0 aromatic rings. The molecule has 3 heteroatoms. The van der Waals surface area contributed by atoms with E-state index in [1.807, 2.05) is 13.8 Å². The van der Waals surface area contributed by atoms with Crippen molar-refractivity contribution in [2.24, 2.45) is 5.41 Å². The van der Waals surface area contributed by atoms with E-state index >= 15 is 0 Å². The maximum Gasteiger partial charge on any atom is 0.338 e. The van der Waals surface area contributed by atoms with Gasteiger partial charge in [0.15, 0.2) is 6.10 Å². The van der Waals surface area contributed by atoms with Gasteiger partial charge in [0.2, 0.25) is 0 Å². The van der Waals surface area contributed by atoms with E-state index in [-0.39, 0.29) is 17.5 Å². The highest BCUT2D eigenvalue weighted by Crippen LogP contribution is 2.32. The lowest BCUT2D eigenvalue weighted by Gasteiger charge is -2.17. The minimum atomic E-state index is -0.371. The molecule has 0 fully saturated rings. The molecule has 1 unspecified atom stereocenters. The van der Waals surface area contributed by atoms with Gasteiger partial charge in [-0.3, -0.25) is 0 Å². The van der Waals surface area contributed by atoms with Gasteiger partial charge in [0, 0.05) is 11.8 Å². The first-order chi connectivity index (χ1) is 9.45. The first-order valence-corrected chi connectivity index (χ1v) is 6.71. The summed E-state index contributed by atoms with van der Waals surface area (Å²) in [6, 6.07) is 0. The molecule has 0 bridgehead atoms. The quantitative estimate of drug-likeness (QED) is 0.387. The average molecular weight is 274 g/mol. The number of cyclic esters (lactones) is 1. The molecule has 1 atom stereocenters. The number of ether oxygens (including phenoxy) is 2. The van der Waals surface area contributed by atoms with Crippen molar-refractivity contribution >= 4 is 5.97 Å². The molecule has 1 heterocycles. The molecule has 108 valence electrons. The lowest BCUT2D eigenvalue weighted by Crippen LogP contribution is -2.12. The second-order valence-electron chi connectivity index (χ2n) is 5.39. The van der Waals surface area contributed by atoms with Gasteiger partial charge < -0.3 is 9.47 Å². The molecule has 0 radical (unpaired) electrons. The van der Waals surface area contributed by atoms with Crippen LogP contribution in [0, 0.1) is 17.8 Å². The zero-order chi connectivity index (χ0) is 15.2. The van der Waals surface area contributed by atoms with E-state index < -0.39 is 0 Å². The van der Waals surface area contributed by atoms with Crippen molar-refractivity contribution in [1.82, 2.24) is 0 Å². The zero-order valence-electron chi connectivity index (χ0n) is 12.3. The van der Waals surface area contributed by atoms with E-state index in [1.165, 1.54) is 0 Å². The van der Waals surface area contributed by atoms with Crippen LogP contribution in [0.5, 0.6) is 0 Å². The van der Waals surface area contributed by atoms with Crippen molar-refractivity contribution < 1.29 is 14.3 Å². The molecule has 0 saturated heterocycles. The smallest absolute Gasteiger partial charge is 0.338 e. The standard InChI is InChI=1S/C17H22O3/c1-6-9-14-15(19-12-7-2)13(16(18)20-14)10-11-17(4,5)8-3/h3,6-7,14H,1-2,9-12H2,4-5H3. The predicted molar refractivity (Wildman–Crippen MR) is 79.7 cm³/mol. The summed E-state index contributed by atoms with van der Waals surface area (Å²) in [6.45, 7) is 11.6. The van der Waals surface area contributed by atoms with E-state index in [9.17, 15) is 4.79 Å². The molecular formula is C17H22O3. The summed E-state index contributed by atoms with van der Waals surface area (Å²) in [6.07, 6.45) is 10.3. The summed E-state index contributed by atoms with van der Waals surface area (Å²) in [7, 11) is 0. The number of carbonyl (C=O) groups is 1. The van der Waals surface area contributed by atoms with Crippen LogP contribution in [0.3, 0.4) is 0 Å². The van der Waals surface area contributed by atoms with Gasteiger partial charge in [0.1, 0.15) is 12.4 Å². The minimum absolute atomic E-state index is 0.257. The number of esters is 1. The third kappa shape index (κ3) is 4.03. The van der Waals surface area contributed by atoms with Gasteiger partial charge in [-0.2, -0.15) is 0 Å². The van der Waals surface area contributed by atoms with Crippen molar-refractivity contribution in [3.05, 3.63) is 36.6 Å². The Labute approximate surface area is 121 Å². The molecule has 0 aromatic carbocycles. The van der Waals surface area contributed by atoms with Crippen LogP contribution in [0.25, 0.3) is 0 Å². The highest BCUT2D eigenvalue weighted by Gasteiger charge is 2.35. The van der Waals surface area contributed by atoms with Gasteiger partial charge in [-0.05, 0) is 26.7 Å². The van der Waals surface area contributed by atoms with Gasteiger partial charge in [0.05, 0.1) is 5.57 Å². The summed E-state index contributed by atoms with van der Waals surface area (Å²) in [5.41, 5.74) is 0.329. The van der Waals surface area contributed by atoms with Crippen LogP contribution in [0.1, 0.15) is 33.1 Å². The van der Waals surface area contributed by atoms with Crippen LogP contribution in [0.15, 0.2) is 36.6 Å². The summed E-state index contributed by atoms with van der Waals surface area (Å²) in [5, 5.41) is 0. The predicted octanol–water partition coefficient (Wildman–Crippen LogP) is 3.38. The lowest BCUT2D eigenvalue weighted by molar-refractivity contribution is -0.140. The topological polar surface area (TPSA) is 35.5 Å². The summed E-state index contributed by atoms with van der Waals surface area (Å²) in [4.78, 5) is 12.0. The van der Waals surface area contributed by atoms with E-state index in [0.717, 1.165) is 0 Å². The molecule has 0 aliphatic carbocycles. The minimum Gasteiger partial charge on any atom is -0.489 e. The molecule has 0 amide bonds. The largest absolute Gasteiger partial charge is 0.489 e. The molecular weight excluding hydrogens is 252 g/mol. The van der Waals surface area contributed by atoms with Crippen molar-refractivity contribution in [1.29, 1.82) is 0 Å². The fourth-order valence-electron chi connectivity index (χ4n) is 1.92. The van der Waals surface area contributed by atoms with Crippen LogP contribution in [0.2, 0.25) is 0 Å². The Hall–Kier alpha value is -1.95. The SMILES string of the molecule is C#CC(C)(C)CCC1=C(OCC=C)C(CC=C)OC1=O. The third-order valence-corrected chi connectivity index (χ3v) is 3.21. The van der Waals surface area contributed by atoms with Crippen molar-refractivity contribution in [2.75, 3.05) is 6.61 Å². The second kappa shape index (κ2) is 7.00. The van der Waals surface area contributed by atoms with Crippen molar-refractivity contribution in [3.8, 4) is 12.3 Å². The molecule has 3 nitrogen and oxygen atoms in total.